The molecule has 0 unspecified atom stereocenters. The third-order valence-corrected chi connectivity index (χ3v) is 6.55. The van der Waals surface area contributed by atoms with Crippen LogP contribution in [0.4, 0.5) is 0 Å². The van der Waals surface area contributed by atoms with Crippen LogP contribution in [0.2, 0.25) is 0 Å². The molecule has 2 fully saturated rings. The Morgan fingerprint density at radius 1 is 0.966 bits per heavy atom. The van der Waals surface area contributed by atoms with Crippen LogP contribution in [0.25, 0.3) is 0 Å². The zero-order valence-corrected chi connectivity index (χ0v) is 17.2. The Morgan fingerprint density at radius 3 is 2.28 bits per heavy atom. The predicted octanol–water partition coefficient (Wildman–Crippen LogP) is 3.60. The molecule has 0 atom stereocenters. The number of ether oxygens (including phenoxy) is 3. The average molecular weight is 395 g/mol. The number of carbonyl (C=O) groups is 1. The fourth-order valence-electron chi connectivity index (χ4n) is 4.48. The van der Waals surface area contributed by atoms with Gasteiger partial charge in [-0.05, 0) is 49.4 Å². The Hall–Kier alpha value is -2.53. The lowest BCUT2D eigenvalue weighted by Crippen LogP contribution is -2.47. The van der Waals surface area contributed by atoms with Crippen molar-refractivity contribution in [3.63, 3.8) is 0 Å². The lowest BCUT2D eigenvalue weighted by Gasteiger charge is -2.38. The third-order valence-electron chi connectivity index (χ3n) is 6.55. The second-order valence-corrected chi connectivity index (χ2v) is 8.09. The van der Waals surface area contributed by atoms with Crippen molar-refractivity contribution in [2.75, 3.05) is 34.0 Å². The van der Waals surface area contributed by atoms with E-state index >= 15 is 0 Å². The summed E-state index contributed by atoms with van der Waals surface area (Å²) >= 11 is 0. The summed E-state index contributed by atoms with van der Waals surface area (Å²) in [6.45, 7) is 2.03. The maximum atomic E-state index is 13.3. The number of rotatable bonds is 7. The van der Waals surface area contributed by atoms with Gasteiger partial charge in [0.2, 0.25) is 5.91 Å². The van der Waals surface area contributed by atoms with Crippen LogP contribution in [-0.2, 0) is 20.4 Å². The molecule has 1 heterocycles. The van der Waals surface area contributed by atoms with Gasteiger partial charge in [-0.1, -0.05) is 30.3 Å². The first kappa shape index (κ1) is 19.8. The highest BCUT2D eigenvalue weighted by Gasteiger charge is 2.53. The van der Waals surface area contributed by atoms with Gasteiger partial charge in [-0.2, -0.15) is 0 Å². The van der Waals surface area contributed by atoms with E-state index in [0.717, 1.165) is 42.7 Å². The fourth-order valence-corrected chi connectivity index (χ4v) is 4.48. The van der Waals surface area contributed by atoms with Crippen molar-refractivity contribution in [2.24, 2.45) is 0 Å². The smallest absolute Gasteiger partial charge is 0.230 e. The molecule has 2 aromatic carbocycles. The van der Waals surface area contributed by atoms with Crippen molar-refractivity contribution < 1.29 is 19.0 Å². The molecule has 0 radical (unpaired) electrons. The Balaban J connectivity index is 1.54. The number of carbonyl (C=O) groups excluding carboxylic acids is 1. The van der Waals surface area contributed by atoms with Gasteiger partial charge in [0.15, 0.2) is 0 Å². The molecule has 1 saturated carbocycles. The van der Waals surface area contributed by atoms with Crippen molar-refractivity contribution in [1.29, 1.82) is 0 Å². The molecule has 2 aromatic rings. The highest BCUT2D eigenvalue weighted by Crippen LogP contribution is 2.51. The fraction of sp³-hybridized carbons (Fsp3) is 0.458. The zero-order valence-electron chi connectivity index (χ0n) is 17.2. The molecule has 0 spiro atoms. The summed E-state index contributed by atoms with van der Waals surface area (Å²) in [5.41, 5.74) is 1.64. The molecular formula is C24H29NO4. The van der Waals surface area contributed by atoms with E-state index in [1.807, 2.05) is 36.4 Å². The molecule has 1 aliphatic carbocycles. The highest BCUT2D eigenvalue weighted by molar-refractivity contribution is 5.92. The predicted molar refractivity (Wildman–Crippen MR) is 112 cm³/mol. The van der Waals surface area contributed by atoms with Gasteiger partial charge in [0.05, 0.1) is 19.6 Å². The van der Waals surface area contributed by atoms with Crippen LogP contribution < -0.4 is 14.8 Å². The van der Waals surface area contributed by atoms with Crippen molar-refractivity contribution in [3.8, 4) is 11.5 Å². The minimum atomic E-state index is -0.459. The summed E-state index contributed by atoms with van der Waals surface area (Å²) in [4.78, 5) is 13.3. The maximum absolute atomic E-state index is 13.3. The number of nitrogens with one attached hydrogen (secondary N) is 1. The zero-order chi connectivity index (χ0) is 20.3. The first-order valence-corrected chi connectivity index (χ1v) is 10.3. The number of hydrogen-bond donors (Lipinski definition) is 1. The lowest BCUT2D eigenvalue weighted by molar-refractivity contribution is -0.124. The van der Waals surface area contributed by atoms with Gasteiger partial charge in [0.1, 0.15) is 11.5 Å². The van der Waals surface area contributed by atoms with Crippen LogP contribution in [0.15, 0.2) is 48.5 Å². The summed E-state index contributed by atoms with van der Waals surface area (Å²) < 4.78 is 16.4. The number of para-hydroxylation sites is 1. The normalized spacial score (nSPS) is 19.2. The van der Waals surface area contributed by atoms with Gasteiger partial charge in [-0.25, -0.2) is 0 Å². The Kier molecular flexibility index (Phi) is 5.50. The molecule has 1 aliphatic heterocycles. The second kappa shape index (κ2) is 8.07. The Morgan fingerprint density at radius 2 is 1.66 bits per heavy atom. The minimum Gasteiger partial charge on any atom is -0.497 e. The molecular weight excluding hydrogens is 366 g/mol. The molecule has 29 heavy (non-hydrogen) atoms. The van der Waals surface area contributed by atoms with E-state index in [1.165, 1.54) is 5.56 Å². The molecule has 5 heteroatoms. The molecule has 0 aromatic heterocycles. The molecule has 4 rings (SSSR count). The van der Waals surface area contributed by atoms with Crippen LogP contribution in [0.3, 0.4) is 0 Å². The number of methoxy groups -OCH3 is 2. The molecule has 5 nitrogen and oxygen atoms in total. The Bertz CT molecular complexity index is 851. The van der Waals surface area contributed by atoms with Gasteiger partial charge in [0.25, 0.3) is 0 Å². The first-order valence-electron chi connectivity index (χ1n) is 10.3. The van der Waals surface area contributed by atoms with Crippen molar-refractivity contribution in [3.05, 3.63) is 59.7 Å². The van der Waals surface area contributed by atoms with E-state index in [2.05, 4.69) is 17.4 Å². The standard InChI is InChI=1S/C24H29NO4/c1-27-19-9-7-18(8-10-19)23(13-15-29-16-14-23)17-25-22(26)24(11-12-24)20-5-3-4-6-21(20)28-2/h3-10H,11-17H2,1-2H3,(H,25,26). The van der Waals surface area contributed by atoms with Gasteiger partial charge in [-0.15, -0.1) is 0 Å². The van der Waals surface area contributed by atoms with Crippen molar-refractivity contribution in [1.82, 2.24) is 5.32 Å². The van der Waals surface area contributed by atoms with Crippen LogP contribution in [0, 0.1) is 0 Å². The van der Waals surface area contributed by atoms with E-state index in [1.54, 1.807) is 14.2 Å². The number of benzene rings is 2. The molecule has 1 N–H and O–H groups in total. The third kappa shape index (κ3) is 3.71. The first-order chi connectivity index (χ1) is 14.1. The molecule has 154 valence electrons. The number of hydrogen-bond acceptors (Lipinski definition) is 4. The summed E-state index contributed by atoms with van der Waals surface area (Å²) in [6, 6.07) is 16.1. The van der Waals surface area contributed by atoms with Gasteiger partial charge in [0, 0.05) is 30.7 Å². The SMILES string of the molecule is COc1ccc(C2(CNC(=O)C3(c4ccccc4OC)CC3)CCOCC2)cc1. The van der Waals surface area contributed by atoms with Gasteiger partial charge >= 0.3 is 0 Å². The summed E-state index contributed by atoms with van der Waals surface area (Å²) in [6.07, 6.45) is 3.50. The highest BCUT2D eigenvalue weighted by atomic mass is 16.5. The van der Waals surface area contributed by atoms with E-state index in [4.69, 9.17) is 14.2 Å². The van der Waals surface area contributed by atoms with Crippen molar-refractivity contribution >= 4 is 5.91 Å². The minimum absolute atomic E-state index is 0.0985. The monoisotopic (exact) mass is 395 g/mol. The van der Waals surface area contributed by atoms with Gasteiger partial charge < -0.3 is 19.5 Å². The molecule has 2 aliphatic rings. The topological polar surface area (TPSA) is 56.8 Å². The summed E-state index contributed by atoms with van der Waals surface area (Å²) in [7, 11) is 3.33. The second-order valence-electron chi connectivity index (χ2n) is 8.09. The van der Waals surface area contributed by atoms with E-state index in [9.17, 15) is 4.79 Å². The molecule has 1 amide bonds. The van der Waals surface area contributed by atoms with Gasteiger partial charge in [-0.3, -0.25) is 4.79 Å². The van der Waals surface area contributed by atoms with Crippen LogP contribution in [-0.4, -0.2) is 39.9 Å². The van der Waals surface area contributed by atoms with Crippen LogP contribution in [0.5, 0.6) is 11.5 Å². The van der Waals surface area contributed by atoms with Crippen LogP contribution >= 0.6 is 0 Å². The average Bonchev–Trinajstić information content (AvgIpc) is 3.60. The maximum Gasteiger partial charge on any atom is 0.230 e. The van der Waals surface area contributed by atoms with Crippen molar-refractivity contribution in [2.45, 2.75) is 36.5 Å². The number of amides is 1. The van der Waals surface area contributed by atoms with E-state index in [-0.39, 0.29) is 11.3 Å². The van der Waals surface area contributed by atoms with E-state index < -0.39 is 5.41 Å². The largest absolute Gasteiger partial charge is 0.497 e. The summed E-state index contributed by atoms with van der Waals surface area (Å²) in [5, 5.41) is 3.29. The summed E-state index contributed by atoms with van der Waals surface area (Å²) in [5.74, 6) is 1.73. The lowest BCUT2D eigenvalue weighted by atomic mass is 9.74. The quantitative estimate of drug-likeness (QED) is 0.778. The molecule has 0 bridgehead atoms. The van der Waals surface area contributed by atoms with E-state index in [0.29, 0.717) is 19.8 Å². The van der Waals surface area contributed by atoms with Crippen LogP contribution in [0.1, 0.15) is 36.8 Å². The Labute approximate surface area is 172 Å². The molecule has 1 saturated heterocycles.